The standard InChI is InChI=1S/C30H36N6O/c1-4-21-16-24-27(17-26(21)35-11-7-22(8-12-35)34-13-9-32-10-14-34)36(19(2)3)30-28(29(24)37)23-6-5-20(18-31)15-25(23)33-30/h5-6,15-17,19,22,32-33H,4,7-14H2,1-3H3. The van der Waals surface area contributed by atoms with Gasteiger partial charge in [-0.2, -0.15) is 5.26 Å². The fourth-order valence-corrected chi connectivity index (χ4v) is 6.55. The molecular weight excluding hydrogens is 460 g/mol. The van der Waals surface area contributed by atoms with Crippen molar-refractivity contribution in [1.82, 2.24) is 19.8 Å². The second-order valence-corrected chi connectivity index (χ2v) is 10.9. The van der Waals surface area contributed by atoms with Crippen LogP contribution in [-0.2, 0) is 6.42 Å². The minimum absolute atomic E-state index is 0.0662. The van der Waals surface area contributed by atoms with Crippen LogP contribution in [0.25, 0.3) is 32.8 Å². The third-order valence-electron chi connectivity index (χ3n) is 8.45. The highest BCUT2D eigenvalue weighted by Crippen LogP contribution is 2.34. The third kappa shape index (κ3) is 4.00. The van der Waals surface area contributed by atoms with Crippen molar-refractivity contribution in [2.24, 2.45) is 0 Å². The first-order valence-electron chi connectivity index (χ1n) is 13.8. The number of hydrogen-bond donors (Lipinski definition) is 2. The van der Waals surface area contributed by atoms with Gasteiger partial charge in [-0.1, -0.05) is 13.0 Å². The molecule has 0 atom stereocenters. The highest BCUT2D eigenvalue weighted by molar-refractivity contribution is 6.10. The Kier molecular flexibility index (Phi) is 6.18. The number of nitrogens with one attached hydrogen (secondary N) is 2. The lowest BCUT2D eigenvalue weighted by atomic mass is 9.98. The number of rotatable bonds is 4. The molecule has 2 aromatic carbocycles. The van der Waals surface area contributed by atoms with Gasteiger partial charge in [-0.3, -0.25) is 9.69 Å². The Morgan fingerprint density at radius 2 is 1.81 bits per heavy atom. The average Bonchev–Trinajstić information content (AvgIpc) is 3.31. The lowest BCUT2D eigenvalue weighted by Crippen LogP contribution is -2.52. The molecule has 0 amide bonds. The first-order valence-corrected chi connectivity index (χ1v) is 13.8. The number of nitriles is 1. The van der Waals surface area contributed by atoms with Crippen molar-refractivity contribution in [3.63, 3.8) is 0 Å². The predicted molar refractivity (Wildman–Crippen MR) is 152 cm³/mol. The van der Waals surface area contributed by atoms with E-state index in [9.17, 15) is 10.1 Å². The minimum atomic E-state index is 0.0662. The van der Waals surface area contributed by atoms with Crippen molar-refractivity contribution in [3.8, 4) is 6.07 Å². The van der Waals surface area contributed by atoms with Crippen LogP contribution in [0.4, 0.5) is 5.69 Å². The van der Waals surface area contributed by atoms with Crippen LogP contribution in [0.15, 0.2) is 35.1 Å². The van der Waals surface area contributed by atoms with E-state index in [0.717, 1.165) is 73.1 Å². The summed E-state index contributed by atoms with van der Waals surface area (Å²) in [6.07, 6.45) is 3.25. The Labute approximate surface area is 217 Å². The molecule has 2 aliphatic rings. The first-order chi connectivity index (χ1) is 18.0. The summed E-state index contributed by atoms with van der Waals surface area (Å²) in [5, 5.41) is 15.2. The van der Waals surface area contributed by atoms with Gasteiger partial charge in [0, 0.05) is 73.3 Å². The molecule has 2 saturated heterocycles. The third-order valence-corrected chi connectivity index (χ3v) is 8.45. The summed E-state index contributed by atoms with van der Waals surface area (Å²) in [5.41, 5.74) is 5.82. The van der Waals surface area contributed by atoms with Gasteiger partial charge in [0.1, 0.15) is 5.65 Å². The lowest BCUT2D eigenvalue weighted by Gasteiger charge is -2.41. The number of aromatic amines is 1. The second-order valence-electron chi connectivity index (χ2n) is 10.9. The Bertz CT molecular complexity index is 1580. The van der Waals surface area contributed by atoms with Gasteiger partial charge in [0.15, 0.2) is 5.43 Å². The van der Waals surface area contributed by atoms with Crippen LogP contribution in [0, 0.1) is 11.3 Å². The normalized spacial score (nSPS) is 17.9. The van der Waals surface area contributed by atoms with E-state index in [1.54, 1.807) is 6.07 Å². The molecule has 0 unspecified atom stereocenters. The summed E-state index contributed by atoms with van der Waals surface area (Å²) in [5.74, 6) is 0. The summed E-state index contributed by atoms with van der Waals surface area (Å²) < 4.78 is 2.27. The van der Waals surface area contributed by atoms with Gasteiger partial charge >= 0.3 is 0 Å². The fourth-order valence-electron chi connectivity index (χ4n) is 6.55. The van der Waals surface area contributed by atoms with Crippen molar-refractivity contribution in [2.75, 3.05) is 44.2 Å². The summed E-state index contributed by atoms with van der Waals surface area (Å²) in [4.78, 5) is 22.6. The van der Waals surface area contributed by atoms with E-state index in [-0.39, 0.29) is 11.5 Å². The molecule has 7 nitrogen and oxygen atoms in total. The number of fused-ring (bicyclic) bond motifs is 4. The SMILES string of the molecule is CCc1cc2c(=O)c3c4ccc(C#N)cc4[nH]c3n(C(C)C)c2cc1N1CCC(N2CCNCC2)CC1. The van der Waals surface area contributed by atoms with Crippen LogP contribution in [-0.4, -0.2) is 59.8 Å². The zero-order valence-corrected chi connectivity index (χ0v) is 22.1. The number of benzene rings is 2. The minimum Gasteiger partial charge on any atom is -0.371 e. The van der Waals surface area contributed by atoms with Crippen molar-refractivity contribution in [1.29, 1.82) is 5.26 Å². The maximum Gasteiger partial charge on any atom is 0.199 e. The number of piperazine rings is 1. The quantitative estimate of drug-likeness (QED) is 0.434. The maximum absolute atomic E-state index is 13.9. The van der Waals surface area contributed by atoms with Crippen molar-refractivity contribution < 1.29 is 0 Å². The van der Waals surface area contributed by atoms with Crippen LogP contribution < -0.4 is 15.6 Å². The first kappa shape index (κ1) is 24.0. The number of nitrogens with zero attached hydrogens (tertiary/aromatic N) is 4. The van der Waals surface area contributed by atoms with Gasteiger partial charge in [-0.15, -0.1) is 0 Å². The maximum atomic E-state index is 13.9. The molecule has 0 spiro atoms. The molecule has 7 heteroatoms. The van der Waals surface area contributed by atoms with Gasteiger partial charge in [-0.25, -0.2) is 0 Å². The van der Waals surface area contributed by atoms with Crippen molar-refractivity contribution >= 4 is 38.5 Å². The molecule has 0 radical (unpaired) electrons. The zero-order chi connectivity index (χ0) is 25.7. The number of anilines is 1. The molecule has 192 valence electrons. The van der Waals surface area contributed by atoms with Gasteiger partial charge in [0.25, 0.3) is 0 Å². The van der Waals surface area contributed by atoms with E-state index >= 15 is 0 Å². The van der Waals surface area contributed by atoms with E-state index in [4.69, 9.17) is 0 Å². The van der Waals surface area contributed by atoms with Gasteiger partial charge in [-0.05, 0) is 62.9 Å². The molecule has 2 aliphatic heterocycles. The van der Waals surface area contributed by atoms with E-state index in [1.807, 2.05) is 12.1 Å². The number of H-pyrrole nitrogens is 1. The molecule has 4 heterocycles. The number of pyridine rings is 1. The average molecular weight is 497 g/mol. The van der Waals surface area contributed by atoms with Crippen LogP contribution in [0.1, 0.15) is 50.8 Å². The van der Waals surface area contributed by atoms with Gasteiger partial charge in [0.05, 0.1) is 22.5 Å². The molecule has 4 aromatic rings. The molecule has 0 saturated carbocycles. The number of piperidine rings is 1. The molecule has 0 aliphatic carbocycles. The Morgan fingerprint density at radius 3 is 2.49 bits per heavy atom. The van der Waals surface area contributed by atoms with Crippen LogP contribution >= 0.6 is 0 Å². The molecular formula is C30H36N6O. The molecule has 2 aromatic heterocycles. The predicted octanol–water partition coefficient (Wildman–Crippen LogP) is 4.52. The summed E-state index contributed by atoms with van der Waals surface area (Å²) in [7, 11) is 0. The monoisotopic (exact) mass is 496 g/mol. The molecule has 37 heavy (non-hydrogen) atoms. The van der Waals surface area contributed by atoms with E-state index in [2.05, 4.69) is 63.6 Å². The van der Waals surface area contributed by atoms with Crippen LogP contribution in [0.2, 0.25) is 0 Å². The fraction of sp³-hybridized carbons (Fsp3) is 0.467. The molecule has 2 N–H and O–H groups in total. The number of aromatic nitrogens is 2. The second kappa shape index (κ2) is 9.51. The molecule has 6 rings (SSSR count). The molecule has 0 bridgehead atoms. The van der Waals surface area contributed by atoms with Crippen molar-refractivity contribution in [3.05, 3.63) is 51.7 Å². The summed E-state index contributed by atoms with van der Waals surface area (Å²) in [6.45, 7) is 13.1. The smallest absolute Gasteiger partial charge is 0.199 e. The largest absolute Gasteiger partial charge is 0.371 e. The topological polar surface area (TPSA) is 80.1 Å². The Hall–Kier alpha value is -3.34. The van der Waals surface area contributed by atoms with E-state index in [0.29, 0.717) is 17.0 Å². The summed E-state index contributed by atoms with van der Waals surface area (Å²) in [6, 6.07) is 13.0. The van der Waals surface area contributed by atoms with E-state index < -0.39 is 0 Å². The van der Waals surface area contributed by atoms with E-state index in [1.165, 1.54) is 24.1 Å². The summed E-state index contributed by atoms with van der Waals surface area (Å²) >= 11 is 0. The van der Waals surface area contributed by atoms with Crippen molar-refractivity contribution in [2.45, 2.75) is 52.1 Å². The highest BCUT2D eigenvalue weighted by atomic mass is 16.1. The Morgan fingerprint density at radius 1 is 1.05 bits per heavy atom. The van der Waals surface area contributed by atoms with Crippen LogP contribution in [0.5, 0.6) is 0 Å². The lowest BCUT2D eigenvalue weighted by molar-refractivity contribution is 0.150. The number of hydrogen-bond acceptors (Lipinski definition) is 5. The molecule has 2 fully saturated rings. The highest BCUT2D eigenvalue weighted by Gasteiger charge is 2.27. The van der Waals surface area contributed by atoms with Gasteiger partial charge < -0.3 is 19.8 Å². The van der Waals surface area contributed by atoms with Gasteiger partial charge in [0.2, 0.25) is 0 Å². The Balaban J connectivity index is 1.48. The van der Waals surface area contributed by atoms with Crippen LogP contribution in [0.3, 0.4) is 0 Å². The zero-order valence-electron chi connectivity index (χ0n) is 22.1. The number of aryl methyl sites for hydroxylation is 1.